The quantitative estimate of drug-likeness (QED) is 0.842. The molecule has 1 aromatic carbocycles. The molecule has 0 atom stereocenters. The fourth-order valence-electron chi connectivity index (χ4n) is 2.84. The molecule has 134 valence electrons. The summed E-state index contributed by atoms with van der Waals surface area (Å²) in [6, 6.07) is 8.00. The maximum atomic E-state index is 12.1. The van der Waals surface area contributed by atoms with Crippen molar-refractivity contribution in [2.24, 2.45) is 0 Å². The number of aromatic nitrogens is 2. The average molecular weight is 343 g/mol. The van der Waals surface area contributed by atoms with E-state index < -0.39 is 0 Å². The Hall–Kier alpha value is -2.38. The number of amides is 2. The van der Waals surface area contributed by atoms with Crippen molar-refractivity contribution in [3.63, 3.8) is 0 Å². The molecule has 1 aliphatic heterocycles. The number of carbonyl (C=O) groups excluding carboxylic acids is 1. The van der Waals surface area contributed by atoms with E-state index in [4.69, 9.17) is 4.74 Å². The number of nitrogens with zero attached hydrogens (tertiary/aromatic N) is 3. The first kappa shape index (κ1) is 17.4. The first-order valence-corrected chi connectivity index (χ1v) is 8.69. The summed E-state index contributed by atoms with van der Waals surface area (Å²) in [7, 11) is 0. The highest BCUT2D eigenvalue weighted by molar-refractivity contribution is 5.88. The molecule has 2 heterocycles. The van der Waals surface area contributed by atoms with Crippen LogP contribution in [0.15, 0.2) is 36.7 Å². The minimum Gasteiger partial charge on any atom is -0.379 e. The fourth-order valence-corrected chi connectivity index (χ4v) is 2.84. The van der Waals surface area contributed by atoms with Crippen LogP contribution in [0, 0.1) is 0 Å². The van der Waals surface area contributed by atoms with Crippen molar-refractivity contribution in [3.8, 4) is 0 Å². The van der Waals surface area contributed by atoms with Crippen LogP contribution in [-0.2, 0) is 24.4 Å². The normalized spacial score (nSPS) is 15.1. The van der Waals surface area contributed by atoms with E-state index in [2.05, 4.69) is 32.8 Å². The first-order chi connectivity index (χ1) is 12.2. The van der Waals surface area contributed by atoms with Gasteiger partial charge < -0.3 is 15.4 Å². The number of carbonyl (C=O) groups is 1. The molecule has 0 spiro atoms. The Morgan fingerprint density at radius 2 is 2.00 bits per heavy atom. The third-order valence-corrected chi connectivity index (χ3v) is 4.27. The molecule has 2 N–H and O–H groups in total. The number of rotatable bonds is 6. The number of hydrogen-bond acceptors (Lipinski definition) is 4. The van der Waals surface area contributed by atoms with Crippen molar-refractivity contribution in [1.29, 1.82) is 0 Å². The van der Waals surface area contributed by atoms with Crippen LogP contribution in [0.4, 0.5) is 10.5 Å². The summed E-state index contributed by atoms with van der Waals surface area (Å²) in [5.41, 5.74) is 3.07. The minimum atomic E-state index is -0.225. The molecule has 1 aliphatic rings. The molecule has 1 aromatic heterocycles. The van der Waals surface area contributed by atoms with Crippen molar-refractivity contribution < 1.29 is 9.53 Å². The molecule has 0 saturated carbocycles. The molecule has 2 amide bonds. The standard InChI is InChI=1S/C18H25N5O2/c1-2-23-14-17(12-20-23)21-18(24)19-11-15-5-3-4-6-16(15)13-22-7-9-25-10-8-22/h3-6,12,14H,2,7-11,13H2,1H3,(H2,19,21,24). The second kappa shape index (κ2) is 8.64. The Morgan fingerprint density at radius 1 is 1.24 bits per heavy atom. The highest BCUT2D eigenvalue weighted by Gasteiger charge is 2.13. The number of anilines is 1. The molecule has 2 aromatic rings. The number of benzene rings is 1. The Labute approximate surface area is 148 Å². The summed E-state index contributed by atoms with van der Waals surface area (Å²) in [4.78, 5) is 14.5. The SMILES string of the molecule is CCn1cc(NC(=O)NCc2ccccc2CN2CCOCC2)cn1. The van der Waals surface area contributed by atoms with Crippen LogP contribution in [-0.4, -0.2) is 47.0 Å². The first-order valence-electron chi connectivity index (χ1n) is 8.69. The second-order valence-electron chi connectivity index (χ2n) is 6.05. The third-order valence-electron chi connectivity index (χ3n) is 4.27. The summed E-state index contributed by atoms with van der Waals surface area (Å²) in [6.45, 7) is 7.62. The summed E-state index contributed by atoms with van der Waals surface area (Å²) >= 11 is 0. The zero-order valence-corrected chi connectivity index (χ0v) is 14.6. The molecule has 0 aliphatic carbocycles. The molecule has 3 rings (SSSR count). The molecule has 0 bridgehead atoms. The van der Waals surface area contributed by atoms with Crippen LogP contribution >= 0.6 is 0 Å². The van der Waals surface area contributed by atoms with Crippen LogP contribution in [0.25, 0.3) is 0 Å². The van der Waals surface area contributed by atoms with E-state index in [1.54, 1.807) is 10.9 Å². The lowest BCUT2D eigenvalue weighted by molar-refractivity contribution is 0.0341. The number of urea groups is 1. The maximum absolute atomic E-state index is 12.1. The Bertz CT molecular complexity index is 694. The van der Waals surface area contributed by atoms with Crippen molar-refractivity contribution in [3.05, 3.63) is 47.8 Å². The van der Waals surface area contributed by atoms with E-state index in [-0.39, 0.29) is 6.03 Å². The van der Waals surface area contributed by atoms with E-state index in [0.717, 1.165) is 45.0 Å². The van der Waals surface area contributed by atoms with Gasteiger partial charge in [0.15, 0.2) is 0 Å². The zero-order valence-electron chi connectivity index (χ0n) is 14.6. The van der Waals surface area contributed by atoms with Gasteiger partial charge in [0.05, 0.1) is 25.1 Å². The summed E-state index contributed by atoms with van der Waals surface area (Å²) in [5, 5.41) is 9.87. The topological polar surface area (TPSA) is 71.4 Å². The molecular weight excluding hydrogens is 318 g/mol. The van der Waals surface area contributed by atoms with Crippen molar-refractivity contribution in [2.75, 3.05) is 31.6 Å². The van der Waals surface area contributed by atoms with E-state index in [9.17, 15) is 4.79 Å². The predicted molar refractivity (Wildman–Crippen MR) is 96.3 cm³/mol. The van der Waals surface area contributed by atoms with E-state index >= 15 is 0 Å². The monoisotopic (exact) mass is 343 g/mol. The molecule has 0 radical (unpaired) electrons. The number of aryl methyl sites for hydroxylation is 1. The lowest BCUT2D eigenvalue weighted by Crippen LogP contribution is -2.36. The summed E-state index contributed by atoms with van der Waals surface area (Å²) in [6.07, 6.45) is 3.46. The number of hydrogen-bond donors (Lipinski definition) is 2. The van der Waals surface area contributed by atoms with E-state index in [1.807, 2.05) is 25.3 Å². The second-order valence-corrected chi connectivity index (χ2v) is 6.05. The van der Waals surface area contributed by atoms with Gasteiger partial charge >= 0.3 is 6.03 Å². The number of nitrogens with one attached hydrogen (secondary N) is 2. The van der Waals surface area contributed by atoms with Gasteiger partial charge in [0.25, 0.3) is 0 Å². The average Bonchev–Trinajstić information content (AvgIpc) is 3.09. The van der Waals surface area contributed by atoms with Gasteiger partial charge in [0, 0.05) is 38.9 Å². The Balaban J connectivity index is 1.54. The van der Waals surface area contributed by atoms with Gasteiger partial charge in [-0.15, -0.1) is 0 Å². The van der Waals surface area contributed by atoms with Crippen LogP contribution in [0.3, 0.4) is 0 Å². The van der Waals surface area contributed by atoms with Gasteiger partial charge in [0.1, 0.15) is 0 Å². The molecule has 7 heteroatoms. The number of ether oxygens (including phenoxy) is 1. The van der Waals surface area contributed by atoms with Crippen LogP contribution in [0.1, 0.15) is 18.1 Å². The van der Waals surface area contributed by atoms with E-state index in [0.29, 0.717) is 12.2 Å². The lowest BCUT2D eigenvalue weighted by Gasteiger charge is -2.27. The van der Waals surface area contributed by atoms with Gasteiger partial charge in [-0.3, -0.25) is 9.58 Å². The molecule has 25 heavy (non-hydrogen) atoms. The van der Waals surface area contributed by atoms with Gasteiger partial charge in [-0.2, -0.15) is 5.10 Å². The molecule has 0 unspecified atom stereocenters. The van der Waals surface area contributed by atoms with Gasteiger partial charge in [-0.25, -0.2) is 4.79 Å². The third kappa shape index (κ3) is 5.04. The van der Waals surface area contributed by atoms with Gasteiger partial charge in [-0.1, -0.05) is 24.3 Å². The zero-order chi connectivity index (χ0) is 17.5. The molecular formula is C18H25N5O2. The fraction of sp³-hybridized carbons (Fsp3) is 0.444. The highest BCUT2D eigenvalue weighted by atomic mass is 16.5. The maximum Gasteiger partial charge on any atom is 0.319 e. The Kier molecular flexibility index (Phi) is 6.03. The number of morpholine rings is 1. The predicted octanol–water partition coefficient (Wildman–Crippen LogP) is 2.06. The summed E-state index contributed by atoms with van der Waals surface area (Å²) in [5.74, 6) is 0. The van der Waals surface area contributed by atoms with Crippen LogP contribution < -0.4 is 10.6 Å². The molecule has 1 saturated heterocycles. The Morgan fingerprint density at radius 3 is 2.72 bits per heavy atom. The highest BCUT2D eigenvalue weighted by Crippen LogP contribution is 2.13. The van der Waals surface area contributed by atoms with Crippen molar-refractivity contribution in [2.45, 2.75) is 26.6 Å². The van der Waals surface area contributed by atoms with Gasteiger partial charge in [-0.05, 0) is 18.1 Å². The van der Waals surface area contributed by atoms with Crippen molar-refractivity contribution in [1.82, 2.24) is 20.0 Å². The van der Waals surface area contributed by atoms with Crippen molar-refractivity contribution >= 4 is 11.7 Å². The van der Waals surface area contributed by atoms with Gasteiger partial charge in [0.2, 0.25) is 0 Å². The minimum absolute atomic E-state index is 0.225. The molecule has 7 nitrogen and oxygen atoms in total. The van der Waals surface area contributed by atoms with E-state index in [1.165, 1.54) is 5.56 Å². The molecule has 1 fully saturated rings. The van der Waals surface area contributed by atoms with Crippen LogP contribution in [0.2, 0.25) is 0 Å². The summed E-state index contributed by atoms with van der Waals surface area (Å²) < 4.78 is 7.17. The lowest BCUT2D eigenvalue weighted by atomic mass is 10.1. The largest absolute Gasteiger partial charge is 0.379 e. The van der Waals surface area contributed by atoms with Crippen LogP contribution in [0.5, 0.6) is 0 Å². The smallest absolute Gasteiger partial charge is 0.319 e.